The van der Waals surface area contributed by atoms with Crippen LogP contribution in [0.2, 0.25) is 10.0 Å². The molecule has 0 saturated carbocycles. The number of likely N-dealkylation sites (tertiary alicyclic amines) is 1. The largest absolute Gasteiger partial charge is 0.364 e. The molecule has 2 amide bonds. The average Bonchev–Trinajstić information content (AvgIpc) is 3.50. The lowest BCUT2D eigenvalue weighted by molar-refractivity contribution is -0.137. The number of piperazine rings is 1. The van der Waals surface area contributed by atoms with Gasteiger partial charge in [-0.15, -0.1) is 0 Å². The molecule has 0 aliphatic carbocycles. The minimum atomic E-state index is -0.320. The van der Waals surface area contributed by atoms with Crippen molar-refractivity contribution in [3.05, 3.63) is 63.1 Å². The maximum Gasteiger partial charge on any atom is 0.243 e. The van der Waals surface area contributed by atoms with Gasteiger partial charge in [0.1, 0.15) is 0 Å². The highest BCUT2D eigenvalue weighted by atomic mass is 35.5. The van der Waals surface area contributed by atoms with Gasteiger partial charge in [0.05, 0.1) is 27.1 Å². The first kappa shape index (κ1) is 22.7. The van der Waals surface area contributed by atoms with Gasteiger partial charge in [0.25, 0.3) is 0 Å². The van der Waals surface area contributed by atoms with Crippen molar-refractivity contribution in [3.8, 4) is 0 Å². The third-order valence-corrected chi connectivity index (χ3v) is 9.20. The van der Waals surface area contributed by atoms with Gasteiger partial charge in [-0.2, -0.15) is 12.6 Å². The van der Waals surface area contributed by atoms with Crippen LogP contribution in [0.3, 0.4) is 0 Å². The number of piperidine rings is 1. The van der Waals surface area contributed by atoms with Crippen LogP contribution in [0.5, 0.6) is 0 Å². The molecule has 2 bridgehead atoms. The molecule has 34 heavy (non-hydrogen) atoms. The van der Waals surface area contributed by atoms with E-state index in [1.807, 2.05) is 12.1 Å². The summed E-state index contributed by atoms with van der Waals surface area (Å²) in [5.74, 6) is -0.396. The molecule has 4 aliphatic rings. The fraction of sp³-hybridized carbons (Fsp3) is 0.440. The first-order chi connectivity index (χ1) is 16.4. The molecule has 3 saturated heterocycles. The third kappa shape index (κ3) is 3.73. The molecule has 4 aliphatic heterocycles. The van der Waals surface area contributed by atoms with Crippen LogP contribution in [0.15, 0.2) is 36.4 Å². The van der Waals surface area contributed by atoms with E-state index in [9.17, 15) is 9.59 Å². The first-order valence-corrected chi connectivity index (χ1v) is 13.0. The second-order valence-electron chi connectivity index (χ2n) is 9.70. The Morgan fingerprint density at radius 1 is 1.06 bits per heavy atom. The van der Waals surface area contributed by atoms with Gasteiger partial charge in [0.15, 0.2) is 0 Å². The van der Waals surface area contributed by atoms with Crippen LogP contribution < -0.4 is 10.2 Å². The number of benzene rings is 2. The van der Waals surface area contributed by atoms with E-state index in [1.165, 1.54) is 16.7 Å². The highest BCUT2D eigenvalue weighted by Gasteiger charge is 2.45. The smallest absolute Gasteiger partial charge is 0.243 e. The van der Waals surface area contributed by atoms with Crippen LogP contribution in [-0.2, 0) is 22.7 Å². The van der Waals surface area contributed by atoms with Gasteiger partial charge in [-0.3, -0.25) is 24.7 Å². The number of nitrogens with one attached hydrogen (secondary N) is 1. The highest BCUT2D eigenvalue weighted by molar-refractivity contribution is 7.80. The van der Waals surface area contributed by atoms with Crippen molar-refractivity contribution in [1.82, 2.24) is 15.1 Å². The Kier molecular flexibility index (Phi) is 5.81. The lowest BCUT2D eigenvalue weighted by Crippen LogP contribution is -2.51. The molecule has 0 radical (unpaired) electrons. The van der Waals surface area contributed by atoms with E-state index < -0.39 is 0 Å². The Hall–Kier alpha value is -1.77. The number of fused-ring (bicyclic) bond motifs is 3. The molecule has 3 fully saturated rings. The van der Waals surface area contributed by atoms with Crippen LogP contribution in [0.4, 0.5) is 5.69 Å². The zero-order chi connectivity index (χ0) is 23.6. The van der Waals surface area contributed by atoms with E-state index in [1.54, 1.807) is 0 Å². The molecule has 4 atom stereocenters. The number of amides is 2. The normalized spacial score (nSPS) is 29.1. The number of hydrogen-bond acceptors (Lipinski definition) is 6. The number of hydrogen-bond donors (Lipinski definition) is 2. The summed E-state index contributed by atoms with van der Waals surface area (Å²) in [7, 11) is 0. The van der Waals surface area contributed by atoms with E-state index in [0.717, 1.165) is 31.7 Å². The van der Waals surface area contributed by atoms with Crippen molar-refractivity contribution < 1.29 is 9.59 Å². The predicted molar refractivity (Wildman–Crippen MR) is 136 cm³/mol. The second-order valence-corrected chi connectivity index (χ2v) is 11.0. The van der Waals surface area contributed by atoms with Gasteiger partial charge < -0.3 is 4.90 Å². The minimum Gasteiger partial charge on any atom is -0.364 e. The molecule has 2 unspecified atom stereocenters. The van der Waals surface area contributed by atoms with Crippen molar-refractivity contribution in [3.63, 3.8) is 0 Å². The van der Waals surface area contributed by atoms with Crippen molar-refractivity contribution in [2.75, 3.05) is 18.0 Å². The zero-order valence-electron chi connectivity index (χ0n) is 18.6. The number of carbonyl (C=O) groups is 2. The van der Waals surface area contributed by atoms with Gasteiger partial charge in [0.2, 0.25) is 11.8 Å². The van der Waals surface area contributed by atoms with E-state index in [2.05, 4.69) is 44.3 Å². The maximum atomic E-state index is 12.5. The molecule has 1 N–H and O–H groups in total. The van der Waals surface area contributed by atoms with Crippen LogP contribution in [0, 0.1) is 0 Å². The molecule has 0 spiro atoms. The van der Waals surface area contributed by atoms with Gasteiger partial charge >= 0.3 is 0 Å². The zero-order valence-corrected chi connectivity index (χ0v) is 21.0. The highest BCUT2D eigenvalue weighted by Crippen LogP contribution is 2.43. The fourth-order valence-corrected chi connectivity index (χ4v) is 7.02. The summed E-state index contributed by atoms with van der Waals surface area (Å²) in [6, 6.07) is 12.8. The number of anilines is 1. The van der Waals surface area contributed by atoms with Crippen LogP contribution in [0.1, 0.15) is 41.3 Å². The summed E-state index contributed by atoms with van der Waals surface area (Å²) < 4.78 is 0. The first-order valence-electron chi connectivity index (χ1n) is 11.7. The number of thiol groups is 1. The lowest BCUT2D eigenvalue weighted by Gasteiger charge is -2.36. The van der Waals surface area contributed by atoms with E-state index in [0.29, 0.717) is 41.5 Å². The van der Waals surface area contributed by atoms with Gasteiger partial charge in [-0.1, -0.05) is 47.5 Å². The summed E-state index contributed by atoms with van der Waals surface area (Å²) in [6.45, 7) is 3.49. The molecule has 9 heteroatoms. The Morgan fingerprint density at radius 3 is 2.65 bits per heavy atom. The predicted octanol–water partition coefficient (Wildman–Crippen LogP) is 4.01. The summed E-state index contributed by atoms with van der Waals surface area (Å²) in [6.07, 6.45) is 2.04. The summed E-state index contributed by atoms with van der Waals surface area (Å²) in [4.78, 5) is 31.2. The fourth-order valence-electron chi connectivity index (χ4n) is 6.14. The minimum absolute atomic E-state index is 0.144. The number of carbonyl (C=O) groups excluding carboxylic acids is 2. The average molecular weight is 517 g/mol. The van der Waals surface area contributed by atoms with Crippen LogP contribution >= 0.6 is 35.8 Å². The summed E-state index contributed by atoms with van der Waals surface area (Å²) in [5, 5.41) is 3.58. The number of nitrogens with zero attached hydrogens (tertiary/aromatic N) is 3. The molecule has 178 valence electrons. The topological polar surface area (TPSA) is 55.9 Å². The molecular weight excluding hydrogens is 491 g/mol. The van der Waals surface area contributed by atoms with E-state index >= 15 is 0 Å². The number of halogens is 2. The Morgan fingerprint density at radius 2 is 1.88 bits per heavy atom. The Balaban J connectivity index is 1.18. The SMILES string of the molecule is O=C1CCC(N2Cc3c(CN4C[C@@H]5C[C@H]4CN5c4cccc(Cl)c4Cl)cccc3C2S)C(=O)N1. The molecule has 6 rings (SSSR count). The van der Waals surface area contributed by atoms with Crippen molar-refractivity contribution in [2.24, 2.45) is 0 Å². The molecular formula is C25H26Cl2N4O2S. The van der Waals surface area contributed by atoms with Crippen molar-refractivity contribution in [2.45, 2.75) is 55.9 Å². The second kappa shape index (κ2) is 8.71. The molecule has 2 aromatic carbocycles. The summed E-state index contributed by atoms with van der Waals surface area (Å²) >= 11 is 17.6. The van der Waals surface area contributed by atoms with Gasteiger partial charge in [-0.05, 0) is 41.7 Å². The van der Waals surface area contributed by atoms with Gasteiger partial charge in [0, 0.05) is 44.7 Å². The molecule has 6 nitrogen and oxygen atoms in total. The third-order valence-electron chi connectivity index (χ3n) is 7.82. The van der Waals surface area contributed by atoms with Gasteiger partial charge in [-0.25, -0.2) is 0 Å². The monoisotopic (exact) mass is 516 g/mol. The van der Waals surface area contributed by atoms with Crippen molar-refractivity contribution in [1.29, 1.82) is 0 Å². The molecule has 4 heterocycles. The summed E-state index contributed by atoms with van der Waals surface area (Å²) in [5.41, 5.74) is 4.76. The van der Waals surface area contributed by atoms with Crippen LogP contribution in [-0.4, -0.2) is 52.8 Å². The van der Waals surface area contributed by atoms with Crippen molar-refractivity contribution >= 4 is 53.3 Å². The number of imide groups is 1. The molecule has 2 aromatic rings. The van der Waals surface area contributed by atoms with E-state index in [-0.39, 0.29) is 23.2 Å². The Bertz CT molecular complexity index is 1180. The standard InChI is InChI=1S/C25H26Cl2N4O2S/c26-19-5-2-6-20(23(19)27)30-12-15-9-16(30)11-29(15)10-14-3-1-4-17-18(14)13-31(25(17)34)21-7-8-22(32)28-24(21)33/h1-6,15-16,21,25,34H,7-13H2,(H,28,32,33)/t15-,16-,21?,25?/m0/s1. The number of rotatable bonds is 4. The Labute approximate surface area is 214 Å². The maximum absolute atomic E-state index is 12.5. The lowest BCUT2D eigenvalue weighted by atomic mass is 10.0. The molecule has 0 aromatic heterocycles. The van der Waals surface area contributed by atoms with E-state index in [4.69, 9.17) is 35.8 Å². The van der Waals surface area contributed by atoms with Crippen LogP contribution in [0.25, 0.3) is 0 Å². The quantitative estimate of drug-likeness (QED) is 0.475.